The summed E-state index contributed by atoms with van der Waals surface area (Å²) >= 11 is 2.82. The van der Waals surface area contributed by atoms with Crippen molar-refractivity contribution in [2.24, 2.45) is 0 Å². The number of thiazole rings is 2. The smallest absolute Gasteiger partial charge is 0.331 e. The van der Waals surface area contributed by atoms with E-state index in [-0.39, 0.29) is 13.2 Å². The molecule has 0 aromatic carbocycles. The number of aromatic nitrogens is 4. The zero-order chi connectivity index (χ0) is 22.2. The summed E-state index contributed by atoms with van der Waals surface area (Å²) in [5.41, 5.74) is 2.72. The summed E-state index contributed by atoms with van der Waals surface area (Å²) in [4.78, 5) is 41.0. The van der Waals surface area contributed by atoms with Gasteiger partial charge in [0.1, 0.15) is 23.2 Å². The molecular weight excluding hydrogens is 448 g/mol. The van der Waals surface area contributed by atoms with Crippen molar-refractivity contribution >= 4 is 34.6 Å². The second-order valence-corrected chi connectivity index (χ2v) is 7.98. The van der Waals surface area contributed by atoms with Gasteiger partial charge in [0.2, 0.25) is 0 Å². The monoisotopic (exact) mass is 464 g/mol. The van der Waals surface area contributed by atoms with Crippen molar-refractivity contribution in [3.63, 3.8) is 0 Å². The van der Waals surface area contributed by atoms with Gasteiger partial charge in [-0.25, -0.2) is 19.6 Å². The van der Waals surface area contributed by atoms with Gasteiger partial charge in [-0.1, -0.05) is 12.1 Å². The average molecular weight is 465 g/mol. The highest BCUT2D eigenvalue weighted by molar-refractivity contribution is 7.13. The number of hydrogen-bond acceptors (Lipinski definition) is 10. The molecule has 160 valence electrons. The van der Waals surface area contributed by atoms with Gasteiger partial charge >= 0.3 is 11.9 Å². The molecule has 0 N–H and O–H groups in total. The lowest BCUT2D eigenvalue weighted by Gasteiger charge is -2.00. The van der Waals surface area contributed by atoms with Gasteiger partial charge in [0, 0.05) is 35.3 Å². The lowest BCUT2D eigenvalue weighted by molar-refractivity contribution is -0.141. The first-order valence-electron chi connectivity index (χ1n) is 9.40. The van der Waals surface area contributed by atoms with Crippen molar-refractivity contribution in [1.82, 2.24) is 19.9 Å². The van der Waals surface area contributed by atoms with Gasteiger partial charge in [-0.15, -0.1) is 22.7 Å². The standard InChI is InChI=1S/C22H16N4O4S2/c27-19(29-11-15-13-31-21(25-15)17-5-1-3-9-23-17)7-8-20(28)30-12-16-14-32-22(26-16)18-6-2-4-10-24-18/h1-10,13-14H,11-12H2/b8-7+. The second-order valence-electron chi connectivity index (χ2n) is 6.27. The molecule has 0 bridgehead atoms. The molecule has 0 fully saturated rings. The predicted octanol–water partition coefficient (Wildman–Crippen LogP) is 4.07. The van der Waals surface area contributed by atoms with E-state index in [1.54, 1.807) is 23.2 Å². The van der Waals surface area contributed by atoms with Gasteiger partial charge in [0.05, 0.1) is 22.8 Å². The molecule has 0 spiro atoms. The number of hydrogen-bond donors (Lipinski definition) is 0. The van der Waals surface area contributed by atoms with Crippen LogP contribution in [0.5, 0.6) is 0 Å². The molecule has 32 heavy (non-hydrogen) atoms. The molecule has 0 aliphatic carbocycles. The molecule has 0 radical (unpaired) electrons. The fourth-order valence-corrected chi connectivity index (χ4v) is 4.04. The first-order chi connectivity index (χ1) is 15.7. The predicted molar refractivity (Wildman–Crippen MR) is 119 cm³/mol. The van der Waals surface area contributed by atoms with Crippen LogP contribution in [0.15, 0.2) is 71.7 Å². The van der Waals surface area contributed by atoms with E-state index in [4.69, 9.17) is 9.47 Å². The lowest BCUT2D eigenvalue weighted by atomic mass is 10.4. The maximum absolute atomic E-state index is 11.9. The van der Waals surface area contributed by atoms with Crippen LogP contribution in [0.2, 0.25) is 0 Å². The Balaban J connectivity index is 1.21. The summed E-state index contributed by atoms with van der Waals surface area (Å²) in [5.74, 6) is -1.33. The quantitative estimate of drug-likeness (QED) is 0.284. The molecule has 0 amide bonds. The van der Waals surface area contributed by atoms with Gasteiger partial charge in [0.25, 0.3) is 0 Å². The van der Waals surface area contributed by atoms with Gasteiger partial charge in [-0.3, -0.25) is 9.97 Å². The van der Waals surface area contributed by atoms with E-state index in [9.17, 15) is 9.59 Å². The summed E-state index contributed by atoms with van der Waals surface area (Å²) in [6.45, 7) is -0.00659. The number of carbonyl (C=O) groups is 2. The van der Waals surface area contributed by atoms with Gasteiger partial charge in [0.15, 0.2) is 0 Å². The Morgan fingerprint density at radius 1 is 0.750 bits per heavy atom. The van der Waals surface area contributed by atoms with Crippen LogP contribution in [0.25, 0.3) is 21.4 Å². The van der Waals surface area contributed by atoms with Crippen molar-refractivity contribution in [3.8, 4) is 21.4 Å². The Hall–Kier alpha value is -3.76. The van der Waals surface area contributed by atoms with E-state index in [2.05, 4.69) is 19.9 Å². The van der Waals surface area contributed by atoms with E-state index < -0.39 is 11.9 Å². The Bertz CT molecular complexity index is 1130. The molecule has 0 saturated carbocycles. The zero-order valence-electron chi connectivity index (χ0n) is 16.6. The van der Waals surface area contributed by atoms with E-state index in [1.165, 1.54) is 22.7 Å². The van der Waals surface area contributed by atoms with Crippen molar-refractivity contribution in [1.29, 1.82) is 0 Å². The molecule has 8 nitrogen and oxygen atoms in total. The van der Waals surface area contributed by atoms with E-state index in [0.29, 0.717) is 11.4 Å². The molecule has 0 aliphatic rings. The summed E-state index contributed by atoms with van der Waals surface area (Å²) in [5, 5.41) is 5.07. The van der Waals surface area contributed by atoms with Crippen molar-refractivity contribution in [3.05, 3.63) is 83.1 Å². The van der Waals surface area contributed by atoms with Crippen LogP contribution < -0.4 is 0 Å². The molecule has 0 atom stereocenters. The minimum atomic E-state index is -0.666. The summed E-state index contributed by atoms with van der Waals surface area (Å²) in [6.07, 6.45) is 5.42. The van der Waals surface area contributed by atoms with Crippen LogP contribution >= 0.6 is 22.7 Å². The fraction of sp³-hybridized carbons (Fsp3) is 0.0909. The largest absolute Gasteiger partial charge is 0.456 e. The summed E-state index contributed by atoms with van der Waals surface area (Å²) < 4.78 is 10.2. The Morgan fingerprint density at radius 2 is 1.22 bits per heavy atom. The second kappa shape index (κ2) is 10.5. The molecule has 0 aliphatic heterocycles. The maximum atomic E-state index is 11.9. The van der Waals surface area contributed by atoms with Gasteiger partial charge < -0.3 is 9.47 Å². The van der Waals surface area contributed by atoms with Gasteiger partial charge in [-0.05, 0) is 24.3 Å². The molecule has 4 heterocycles. The number of carbonyl (C=O) groups excluding carboxylic acids is 2. The molecular formula is C22H16N4O4S2. The number of rotatable bonds is 8. The normalized spacial score (nSPS) is 10.9. The third kappa shape index (κ3) is 5.90. The highest BCUT2D eigenvalue weighted by Crippen LogP contribution is 2.22. The third-order valence-electron chi connectivity index (χ3n) is 3.95. The highest BCUT2D eigenvalue weighted by Gasteiger charge is 2.09. The van der Waals surface area contributed by atoms with Crippen molar-refractivity contribution in [2.45, 2.75) is 13.2 Å². The minimum absolute atomic E-state index is 0.00330. The zero-order valence-corrected chi connectivity index (χ0v) is 18.2. The maximum Gasteiger partial charge on any atom is 0.331 e. The van der Waals surface area contributed by atoms with Crippen LogP contribution in [0.4, 0.5) is 0 Å². The van der Waals surface area contributed by atoms with Crippen LogP contribution in [0, 0.1) is 0 Å². The number of pyridine rings is 2. The highest BCUT2D eigenvalue weighted by atomic mass is 32.1. The topological polar surface area (TPSA) is 104 Å². The van der Waals surface area contributed by atoms with E-state index >= 15 is 0 Å². The number of nitrogens with zero attached hydrogens (tertiary/aromatic N) is 4. The fourth-order valence-electron chi connectivity index (χ4n) is 2.48. The summed E-state index contributed by atoms with van der Waals surface area (Å²) in [6, 6.07) is 11.1. The van der Waals surface area contributed by atoms with E-state index in [0.717, 1.165) is 33.6 Å². The Morgan fingerprint density at radius 3 is 1.62 bits per heavy atom. The Labute approximate surface area is 191 Å². The molecule has 4 aromatic heterocycles. The minimum Gasteiger partial charge on any atom is -0.456 e. The van der Waals surface area contributed by atoms with Crippen molar-refractivity contribution < 1.29 is 19.1 Å². The SMILES string of the molecule is O=C(/C=C/C(=O)OCc1csc(-c2ccccn2)n1)OCc1csc(-c2ccccn2)n1. The Kier molecular flexibility index (Phi) is 7.05. The average Bonchev–Trinajstić information content (AvgIpc) is 3.51. The van der Waals surface area contributed by atoms with Crippen LogP contribution in [-0.4, -0.2) is 31.9 Å². The van der Waals surface area contributed by atoms with Crippen LogP contribution in [-0.2, 0) is 32.3 Å². The number of esters is 2. The molecule has 10 heteroatoms. The number of ether oxygens (including phenoxy) is 2. The summed E-state index contributed by atoms with van der Waals surface area (Å²) in [7, 11) is 0. The van der Waals surface area contributed by atoms with Crippen molar-refractivity contribution in [2.75, 3.05) is 0 Å². The molecule has 4 aromatic rings. The first kappa shape index (κ1) is 21.5. The van der Waals surface area contributed by atoms with Crippen LogP contribution in [0.1, 0.15) is 11.4 Å². The van der Waals surface area contributed by atoms with Gasteiger partial charge in [-0.2, -0.15) is 0 Å². The molecule has 4 rings (SSSR count). The molecule has 0 unspecified atom stereocenters. The first-order valence-corrected chi connectivity index (χ1v) is 11.2. The van der Waals surface area contributed by atoms with E-state index in [1.807, 2.05) is 36.4 Å². The third-order valence-corrected chi connectivity index (χ3v) is 5.78. The van der Waals surface area contributed by atoms with Crippen LogP contribution in [0.3, 0.4) is 0 Å². The lowest BCUT2D eigenvalue weighted by Crippen LogP contribution is -2.05. The molecule has 0 saturated heterocycles.